The Labute approximate surface area is 177 Å². The lowest BCUT2D eigenvalue weighted by molar-refractivity contribution is -0.154. The van der Waals surface area contributed by atoms with Crippen molar-refractivity contribution in [1.29, 1.82) is 0 Å². The van der Waals surface area contributed by atoms with Crippen molar-refractivity contribution < 1.29 is 28.7 Å². The minimum Gasteiger partial charge on any atom is -0.465 e. The van der Waals surface area contributed by atoms with Gasteiger partial charge in [0.2, 0.25) is 0 Å². The molecular formula is C23H31NO6. The lowest BCUT2D eigenvalue weighted by Crippen LogP contribution is -2.32. The number of Topliss-reactive ketones (excluding diaryl/α,β-unsaturated/α-hetero) is 2. The van der Waals surface area contributed by atoms with E-state index in [0.717, 1.165) is 31.2 Å². The van der Waals surface area contributed by atoms with Crippen molar-refractivity contribution in [1.82, 2.24) is 0 Å². The highest BCUT2D eigenvalue weighted by Crippen LogP contribution is 2.29. The van der Waals surface area contributed by atoms with E-state index >= 15 is 0 Å². The average molecular weight is 418 g/mol. The summed E-state index contributed by atoms with van der Waals surface area (Å²) in [4.78, 5) is 48.1. The number of carbonyl (C=O) groups is 4. The molecule has 2 N–H and O–H groups in total. The number of benzene rings is 1. The maximum absolute atomic E-state index is 12.3. The topological polar surface area (TPSA) is 113 Å². The monoisotopic (exact) mass is 417 g/mol. The summed E-state index contributed by atoms with van der Waals surface area (Å²) in [5, 5.41) is 0. The molecule has 1 aromatic carbocycles. The Bertz CT molecular complexity index is 749. The van der Waals surface area contributed by atoms with Gasteiger partial charge in [-0.2, -0.15) is 0 Å². The van der Waals surface area contributed by atoms with Gasteiger partial charge < -0.3 is 15.2 Å². The molecule has 2 rings (SSSR count). The lowest BCUT2D eigenvalue weighted by atomic mass is 9.82. The van der Waals surface area contributed by atoms with E-state index in [1.807, 2.05) is 0 Å². The van der Waals surface area contributed by atoms with E-state index in [1.165, 1.54) is 6.92 Å². The molecule has 1 saturated carbocycles. The summed E-state index contributed by atoms with van der Waals surface area (Å²) in [6.45, 7) is 3.62. The van der Waals surface area contributed by atoms with E-state index < -0.39 is 23.5 Å². The highest BCUT2D eigenvalue weighted by molar-refractivity contribution is 6.16. The Hall–Kier alpha value is -2.54. The minimum atomic E-state index is -1.36. The van der Waals surface area contributed by atoms with Gasteiger partial charge in [-0.15, -0.1) is 0 Å². The molecule has 0 bridgehead atoms. The van der Waals surface area contributed by atoms with Gasteiger partial charge in [0, 0.05) is 6.42 Å². The molecule has 7 nitrogen and oxygen atoms in total. The first-order valence-electron chi connectivity index (χ1n) is 10.6. The molecular weight excluding hydrogens is 386 g/mol. The van der Waals surface area contributed by atoms with E-state index in [2.05, 4.69) is 0 Å². The number of esters is 2. The number of ether oxygens (including phenoxy) is 2. The summed E-state index contributed by atoms with van der Waals surface area (Å²) in [5.41, 5.74) is 6.53. The second-order valence-corrected chi connectivity index (χ2v) is 7.78. The number of nitrogens with two attached hydrogens (primary N) is 1. The van der Waals surface area contributed by atoms with Crippen LogP contribution in [-0.4, -0.2) is 36.7 Å². The number of rotatable bonds is 10. The molecule has 1 aliphatic carbocycles. The molecule has 164 valence electrons. The summed E-state index contributed by atoms with van der Waals surface area (Å²) < 4.78 is 10.3. The predicted octanol–water partition coefficient (Wildman–Crippen LogP) is 2.63. The van der Waals surface area contributed by atoms with Crippen LogP contribution in [0.2, 0.25) is 0 Å². The van der Waals surface area contributed by atoms with Crippen molar-refractivity contribution in [2.45, 2.75) is 52.4 Å². The number of carbonyl (C=O) groups excluding carboxylic acids is 4. The van der Waals surface area contributed by atoms with Crippen LogP contribution in [0.1, 0.15) is 51.5 Å². The average Bonchev–Trinajstić information content (AvgIpc) is 2.73. The molecule has 1 atom stereocenters. The molecule has 1 unspecified atom stereocenters. The zero-order valence-electron chi connectivity index (χ0n) is 17.7. The van der Waals surface area contributed by atoms with Gasteiger partial charge in [-0.05, 0) is 76.1 Å². The summed E-state index contributed by atoms with van der Waals surface area (Å²) in [5.74, 6) is -2.46. The molecule has 0 heterocycles. The smallest absolute Gasteiger partial charge is 0.324 e. The van der Waals surface area contributed by atoms with Gasteiger partial charge in [0.15, 0.2) is 17.5 Å². The molecule has 0 saturated heterocycles. The van der Waals surface area contributed by atoms with Crippen LogP contribution >= 0.6 is 0 Å². The van der Waals surface area contributed by atoms with Crippen LogP contribution in [-0.2, 0) is 30.3 Å². The van der Waals surface area contributed by atoms with Crippen molar-refractivity contribution in [3.63, 3.8) is 0 Å². The van der Waals surface area contributed by atoms with Crippen molar-refractivity contribution in [2.75, 3.05) is 13.2 Å². The molecule has 0 aliphatic heterocycles. The van der Waals surface area contributed by atoms with E-state index in [1.54, 1.807) is 31.2 Å². The van der Waals surface area contributed by atoms with Gasteiger partial charge >= 0.3 is 11.9 Å². The van der Waals surface area contributed by atoms with Crippen molar-refractivity contribution in [3.05, 3.63) is 29.8 Å². The molecule has 0 aromatic heterocycles. The highest BCUT2D eigenvalue weighted by atomic mass is 16.5. The van der Waals surface area contributed by atoms with E-state index in [4.69, 9.17) is 15.2 Å². The molecule has 7 heteroatoms. The molecule has 0 amide bonds. The van der Waals surface area contributed by atoms with Gasteiger partial charge in [-0.25, -0.2) is 0 Å². The summed E-state index contributed by atoms with van der Waals surface area (Å²) >= 11 is 0. The number of hydrogen-bond donors (Lipinski definition) is 1. The molecule has 1 fully saturated rings. The first-order valence-corrected chi connectivity index (χ1v) is 10.6. The third kappa shape index (κ3) is 6.76. The predicted molar refractivity (Wildman–Crippen MR) is 111 cm³/mol. The Morgan fingerprint density at radius 2 is 1.70 bits per heavy atom. The summed E-state index contributed by atoms with van der Waals surface area (Å²) in [6.07, 6.45) is 3.94. The quantitative estimate of drug-likeness (QED) is 0.354. The molecule has 30 heavy (non-hydrogen) atoms. The third-order valence-corrected chi connectivity index (χ3v) is 5.57. The number of aryl methyl sites for hydroxylation is 1. The van der Waals surface area contributed by atoms with Crippen LogP contribution < -0.4 is 10.5 Å². The van der Waals surface area contributed by atoms with Gasteiger partial charge in [0.25, 0.3) is 0 Å². The Balaban J connectivity index is 1.85. The second kappa shape index (κ2) is 11.6. The van der Waals surface area contributed by atoms with Gasteiger partial charge in [0.1, 0.15) is 5.75 Å². The second-order valence-electron chi connectivity index (χ2n) is 7.78. The normalized spacial score (nSPS) is 19.6. The minimum absolute atomic E-state index is 0.0482. The van der Waals surface area contributed by atoms with Gasteiger partial charge in [-0.1, -0.05) is 12.1 Å². The summed E-state index contributed by atoms with van der Waals surface area (Å²) in [7, 11) is 0. The van der Waals surface area contributed by atoms with Gasteiger partial charge in [-0.3, -0.25) is 19.2 Å². The largest absolute Gasteiger partial charge is 0.465 e. The zero-order valence-corrected chi connectivity index (χ0v) is 17.7. The van der Waals surface area contributed by atoms with Crippen LogP contribution in [0.5, 0.6) is 5.75 Å². The molecule has 0 radical (unpaired) electrons. The van der Waals surface area contributed by atoms with Crippen LogP contribution in [0.15, 0.2) is 24.3 Å². The number of ketones is 2. The SMILES string of the molecule is CCOC(=O)C(C(C)=O)C(=O)CCc1ccc(OC(=O)C2CCC(CN)CC2)cc1. The van der Waals surface area contributed by atoms with Crippen molar-refractivity contribution >= 4 is 23.5 Å². The Morgan fingerprint density at radius 3 is 2.23 bits per heavy atom. The standard InChI is InChI=1S/C23H31NO6/c1-3-29-23(28)21(15(2)25)20(26)13-8-16-6-11-19(12-7-16)30-22(27)18-9-4-17(14-24)5-10-18/h6-7,11-12,17-18,21H,3-5,8-10,13-14,24H2,1-2H3. The zero-order chi connectivity index (χ0) is 22.1. The lowest BCUT2D eigenvalue weighted by Gasteiger charge is -2.26. The molecule has 1 aliphatic rings. The van der Waals surface area contributed by atoms with Crippen LogP contribution in [0, 0.1) is 17.8 Å². The maximum atomic E-state index is 12.3. The summed E-state index contributed by atoms with van der Waals surface area (Å²) in [6, 6.07) is 6.93. The van der Waals surface area contributed by atoms with Crippen LogP contribution in [0.4, 0.5) is 0 Å². The fourth-order valence-electron chi connectivity index (χ4n) is 3.72. The van der Waals surface area contributed by atoms with Crippen molar-refractivity contribution in [3.8, 4) is 5.75 Å². The maximum Gasteiger partial charge on any atom is 0.324 e. The van der Waals surface area contributed by atoms with E-state index in [9.17, 15) is 19.2 Å². The fourth-order valence-corrected chi connectivity index (χ4v) is 3.72. The van der Waals surface area contributed by atoms with E-state index in [0.29, 0.717) is 24.6 Å². The first-order chi connectivity index (χ1) is 14.3. The number of hydrogen-bond acceptors (Lipinski definition) is 7. The van der Waals surface area contributed by atoms with Crippen molar-refractivity contribution in [2.24, 2.45) is 23.5 Å². The fraction of sp³-hybridized carbons (Fsp3) is 0.565. The highest BCUT2D eigenvalue weighted by Gasteiger charge is 2.32. The van der Waals surface area contributed by atoms with Crippen LogP contribution in [0.25, 0.3) is 0 Å². The van der Waals surface area contributed by atoms with Gasteiger partial charge in [0.05, 0.1) is 12.5 Å². The third-order valence-electron chi connectivity index (χ3n) is 5.57. The van der Waals surface area contributed by atoms with Crippen LogP contribution in [0.3, 0.4) is 0 Å². The first kappa shape index (κ1) is 23.7. The Morgan fingerprint density at radius 1 is 1.07 bits per heavy atom. The molecule has 0 spiro atoms. The molecule has 1 aromatic rings. The Kier molecular flexibility index (Phi) is 9.17. The van der Waals surface area contributed by atoms with E-state index in [-0.39, 0.29) is 24.9 Å².